The van der Waals surface area contributed by atoms with Crippen molar-refractivity contribution in [1.29, 1.82) is 0 Å². The number of nitrogens with zero attached hydrogens (tertiary/aromatic N) is 2. The first-order chi connectivity index (χ1) is 14.3. The summed E-state index contributed by atoms with van der Waals surface area (Å²) in [5.74, 6) is 1.37. The molecule has 158 valence electrons. The Labute approximate surface area is 191 Å². The lowest BCUT2D eigenvalue weighted by Crippen LogP contribution is -2.20. The number of aromatic nitrogens is 2. The zero-order chi connectivity index (χ0) is 21.8. The summed E-state index contributed by atoms with van der Waals surface area (Å²) in [4.78, 5) is 0. The fourth-order valence-corrected chi connectivity index (χ4v) is 3.55. The van der Waals surface area contributed by atoms with Crippen molar-refractivity contribution in [2.75, 3.05) is 24.9 Å². The zero-order valence-electron chi connectivity index (χ0n) is 17.0. The number of hydrogen-bond acceptors (Lipinski definition) is 4. The van der Waals surface area contributed by atoms with Crippen LogP contribution < -0.4 is 20.1 Å². The van der Waals surface area contributed by atoms with E-state index in [2.05, 4.69) is 15.7 Å². The largest absolute Gasteiger partial charge is 0.493 e. The van der Waals surface area contributed by atoms with Gasteiger partial charge in [0.1, 0.15) is 0 Å². The maximum Gasteiger partial charge on any atom is 0.175 e. The number of ether oxygens (including phenoxy) is 2. The molecule has 3 aromatic rings. The Balaban J connectivity index is 1.75. The smallest absolute Gasteiger partial charge is 0.175 e. The standard InChI is InChI=1S/C21H22Cl2N4O2S/c1-12-20(25-21(30)24-15-6-7-16(22)17(23)10-15)13(2)27(26-12)11-14-5-8-18(28-3)19(9-14)29-4/h5-10H,11H2,1-4H3,(H2,24,25,30). The molecule has 0 aliphatic carbocycles. The molecule has 30 heavy (non-hydrogen) atoms. The van der Waals surface area contributed by atoms with Gasteiger partial charge in [0.25, 0.3) is 0 Å². The second kappa shape index (κ2) is 9.55. The highest BCUT2D eigenvalue weighted by molar-refractivity contribution is 7.80. The maximum absolute atomic E-state index is 6.06. The fraction of sp³-hybridized carbons (Fsp3) is 0.238. The van der Waals surface area contributed by atoms with Gasteiger partial charge in [-0.25, -0.2) is 0 Å². The average molecular weight is 465 g/mol. The molecular weight excluding hydrogens is 443 g/mol. The van der Waals surface area contributed by atoms with Gasteiger partial charge in [0, 0.05) is 5.69 Å². The molecule has 3 rings (SSSR count). The fourth-order valence-electron chi connectivity index (χ4n) is 3.03. The van der Waals surface area contributed by atoms with Crippen molar-refractivity contribution >= 4 is 51.9 Å². The molecule has 1 aromatic heterocycles. The van der Waals surface area contributed by atoms with Gasteiger partial charge in [0.2, 0.25) is 0 Å². The third kappa shape index (κ3) is 4.98. The van der Waals surface area contributed by atoms with Crippen LogP contribution in [-0.2, 0) is 6.54 Å². The van der Waals surface area contributed by atoms with Gasteiger partial charge in [-0.3, -0.25) is 4.68 Å². The van der Waals surface area contributed by atoms with Gasteiger partial charge >= 0.3 is 0 Å². The predicted molar refractivity (Wildman–Crippen MR) is 127 cm³/mol. The van der Waals surface area contributed by atoms with Crippen molar-refractivity contribution in [2.24, 2.45) is 0 Å². The highest BCUT2D eigenvalue weighted by Gasteiger charge is 2.14. The second-order valence-electron chi connectivity index (χ2n) is 6.60. The summed E-state index contributed by atoms with van der Waals surface area (Å²) in [6.07, 6.45) is 0. The third-order valence-corrected chi connectivity index (χ3v) is 5.52. The molecule has 0 spiro atoms. The van der Waals surface area contributed by atoms with E-state index in [9.17, 15) is 0 Å². The average Bonchev–Trinajstić information content (AvgIpc) is 2.98. The van der Waals surface area contributed by atoms with Crippen molar-refractivity contribution < 1.29 is 9.47 Å². The minimum Gasteiger partial charge on any atom is -0.493 e. The Kier molecular flexibility index (Phi) is 7.07. The summed E-state index contributed by atoms with van der Waals surface area (Å²) in [6.45, 7) is 4.51. The number of aryl methyl sites for hydroxylation is 1. The highest BCUT2D eigenvalue weighted by atomic mass is 35.5. The molecule has 0 unspecified atom stereocenters. The van der Waals surface area contributed by atoms with E-state index in [-0.39, 0.29) is 0 Å². The lowest BCUT2D eigenvalue weighted by atomic mass is 10.2. The van der Waals surface area contributed by atoms with Gasteiger partial charge < -0.3 is 20.1 Å². The molecule has 1 heterocycles. The summed E-state index contributed by atoms with van der Waals surface area (Å²) < 4.78 is 12.6. The summed E-state index contributed by atoms with van der Waals surface area (Å²) in [5.41, 5.74) is 4.44. The van der Waals surface area contributed by atoms with Gasteiger partial charge in [0.15, 0.2) is 16.6 Å². The molecule has 0 saturated carbocycles. The first-order valence-corrected chi connectivity index (χ1v) is 10.3. The Morgan fingerprint density at radius 2 is 1.73 bits per heavy atom. The molecule has 2 aromatic carbocycles. The van der Waals surface area contributed by atoms with E-state index in [4.69, 9.17) is 44.9 Å². The molecule has 0 bridgehead atoms. The molecule has 0 aliphatic heterocycles. The van der Waals surface area contributed by atoms with Crippen LogP contribution in [0.25, 0.3) is 0 Å². The van der Waals surface area contributed by atoms with Gasteiger partial charge in [-0.2, -0.15) is 5.10 Å². The molecule has 0 atom stereocenters. The van der Waals surface area contributed by atoms with Crippen LogP contribution >= 0.6 is 35.4 Å². The van der Waals surface area contributed by atoms with Crippen molar-refractivity contribution in [3.8, 4) is 11.5 Å². The lowest BCUT2D eigenvalue weighted by Gasteiger charge is -2.12. The van der Waals surface area contributed by atoms with Crippen LogP contribution in [0.15, 0.2) is 36.4 Å². The van der Waals surface area contributed by atoms with Crippen molar-refractivity contribution in [1.82, 2.24) is 9.78 Å². The predicted octanol–water partition coefficient (Wildman–Crippen LogP) is 5.68. The van der Waals surface area contributed by atoms with Crippen LogP contribution in [0.1, 0.15) is 17.0 Å². The zero-order valence-corrected chi connectivity index (χ0v) is 19.4. The Hall–Kier alpha value is -2.48. The normalized spacial score (nSPS) is 10.6. The van der Waals surface area contributed by atoms with Crippen LogP contribution in [0, 0.1) is 13.8 Å². The van der Waals surface area contributed by atoms with Crippen LogP contribution in [0.2, 0.25) is 10.0 Å². The molecule has 9 heteroatoms. The van der Waals surface area contributed by atoms with E-state index in [0.29, 0.717) is 33.2 Å². The number of rotatable bonds is 6. The van der Waals surface area contributed by atoms with Gasteiger partial charge in [-0.1, -0.05) is 29.3 Å². The van der Waals surface area contributed by atoms with Crippen molar-refractivity contribution in [2.45, 2.75) is 20.4 Å². The first-order valence-electron chi connectivity index (χ1n) is 9.10. The quantitative estimate of drug-likeness (QED) is 0.457. The van der Waals surface area contributed by atoms with E-state index < -0.39 is 0 Å². The van der Waals surface area contributed by atoms with E-state index in [1.165, 1.54) is 0 Å². The summed E-state index contributed by atoms with van der Waals surface area (Å²) >= 11 is 17.5. The number of nitrogens with one attached hydrogen (secondary N) is 2. The minimum atomic E-state index is 0.435. The molecule has 0 saturated heterocycles. The number of anilines is 2. The lowest BCUT2D eigenvalue weighted by molar-refractivity contribution is 0.354. The van der Waals surface area contributed by atoms with Crippen LogP contribution in [-0.4, -0.2) is 29.1 Å². The first kappa shape index (κ1) is 22.2. The molecule has 2 N–H and O–H groups in total. The number of benzene rings is 2. The summed E-state index contributed by atoms with van der Waals surface area (Å²) in [5, 5.41) is 12.4. The van der Waals surface area contributed by atoms with Crippen molar-refractivity contribution in [3.05, 3.63) is 63.4 Å². The summed E-state index contributed by atoms with van der Waals surface area (Å²) in [6, 6.07) is 11.1. The Morgan fingerprint density at radius 3 is 2.40 bits per heavy atom. The van der Waals surface area contributed by atoms with Crippen LogP contribution in [0.3, 0.4) is 0 Å². The molecule has 0 aliphatic rings. The topological polar surface area (TPSA) is 60.3 Å². The minimum absolute atomic E-state index is 0.435. The number of halogens is 2. The molecular formula is C21H22Cl2N4O2S. The van der Waals surface area contributed by atoms with Crippen molar-refractivity contribution in [3.63, 3.8) is 0 Å². The SMILES string of the molecule is COc1ccc(Cn2nc(C)c(NC(=S)Nc3ccc(Cl)c(Cl)c3)c2C)cc1OC. The Morgan fingerprint density at radius 1 is 1.00 bits per heavy atom. The second-order valence-corrected chi connectivity index (χ2v) is 7.82. The molecule has 0 fully saturated rings. The number of hydrogen-bond donors (Lipinski definition) is 2. The highest BCUT2D eigenvalue weighted by Crippen LogP contribution is 2.29. The maximum atomic E-state index is 6.06. The Bertz CT molecular complexity index is 1090. The van der Waals surface area contributed by atoms with Gasteiger partial charge in [-0.05, 0) is 62.0 Å². The van der Waals surface area contributed by atoms with E-state index in [0.717, 1.165) is 28.3 Å². The third-order valence-electron chi connectivity index (χ3n) is 4.58. The van der Waals surface area contributed by atoms with E-state index >= 15 is 0 Å². The number of thiocarbonyl (C=S) groups is 1. The van der Waals surface area contributed by atoms with E-state index in [1.807, 2.05) is 42.8 Å². The monoisotopic (exact) mass is 464 g/mol. The number of methoxy groups -OCH3 is 2. The van der Waals surface area contributed by atoms with Gasteiger partial charge in [0.05, 0.1) is 47.9 Å². The molecule has 6 nitrogen and oxygen atoms in total. The van der Waals surface area contributed by atoms with Gasteiger partial charge in [-0.15, -0.1) is 0 Å². The molecule has 0 radical (unpaired) electrons. The van der Waals surface area contributed by atoms with Crippen LogP contribution in [0.5, 0.6) is 11.5 Å². The summed E-state index contributed by atoms with van der Waals surface area (Å²) in [7, 11) is 3.24. The van der Waals surface area contributed by atoms with E-state index in [1.54, 1.807) is 26.4 Å². The van der Waals surface area contributed by atoms with Crippen LogP contribution in [0.4, 0.5) is 11.4 Å². The molecule has 0 amide bonds.